The number of aromatic nitrogens is 3. The number of thioether (sulfide) groups is 1. The number of amides is 3. The van der Waals surface area contributed by atoms with Gasteiger partial charge in [-0.1, -0.05) is 47.7 Å². The van der Waals surface area contributed by atoms with Gasteiger partial charge in [0.2, 0.25) is 17.7 Å². The third-order valence-electron chi connectivity index (χ3n) is 8.62. The summed E-state index contributed by atoms with van der Waals surface area (Å²) in [5, 5.41) is 24.4. The highest BCUT2D eigenvalue weighted by Crippen LogP contribution is 2.71. The van der Waals surface area contributed by atoms with Gasteiger partial charge < -0.3 is 20.6 Å². The van der Waals surface area contributed by atoms with Crippen LogP contribution in [0.25, 0.3) is 11.0 Å². The van der Waals surface area contributed by atoms with E-state index < -0.39 is 33.4 Å². The standard InChI is InChI=1S/C28H32N6O4S/c1-17(15-35)34-23(25(37)30-16-33-20-11-7-6-10-19(20)31-32-33)28-13-12-27(2,39-28)21(22(28)26(34)38)24(36)29-14-18-8-4-3-5-9-18/h3-11,17,21-23,35H,12-16H2,1-2H3,(H,29,36)(H,30,37)/t17-,21+,22+,23?,27-,28?/m1/s1. The molecular formula is C28H32N6O4S. The maximum absolute atomic E-state index is 14.0. The van der Waals surface area contributed by atoms with Crippen LogP contribution in [0.2, 0.25) is 0 Å². The van der Waals surface area contributed by atoms with Crippen molar-refractivity contribution < 1.29 is 19.5 Å². The first-order valence-corrected chi connectivity index (χ1v) is 14.1. The van der Waals surface area contributed by atoms with Crippen molar-refractivity contribution in [2.45, 2.75) is 61.5 Å². The number of fused-ring (bicyclic) bond motifs is 2. The molecule has 3 aromatic rings. The third-order valence-corrected chi connectivity index (χ3v) is 10.6. The smallest absolute Gasteiger partial charge is 0.245 e. The van der Waals surface area contributed by atoms with Crippen LogP contribution in [0.3, 0.4) is 0 Å². The number of hydrogen-bond donors (Lipinski definition) is 3. The van der Waals surface area contributed by atoms with Crippen LogP contribution in [0.5, 0.6) is 0 Å². The van der Waals surface area contributed by atoms with Gasteiger partial charge in [0.1, 0.15) is 18.2 Å². The second-order valence-corrected chi connectivity index (χ2v) is 12.9. The van der Waals surface area contributed by atoms with Gasteiger partial charge in [-0.05, 0) is 44.4 Å². The summed E-state index contributed by atoms with van der Waals surface area (Å²) >= 11 is 1.61. The molecule has 2 unspecified atom stereocenters. The minimum atomic E-state index is -0.814. The second kappa shape index (κ2) is 9.63. The number of aliphatic hydroxyl groups is 1. The van der Waals surface area contributed by atoms with Crippen molar-refractivity contribution in [2.24, 2.45) is 11.8 Å². The molecule has 3 amide bonds. The lowest BCUT2D eigenvalue weighted by molar-refractivity contribution is -0.143. The van der Waals surface area contributed by atoms with Crippen molar-refractivity contribution in [3.63, 3.8) is 0 Å². The number of rotatable bonds is 8. The van der Waals surface area contributed by atoms with Crippen molar-refractivity contribution >= 4 is 40.5 Å². The number of benzene rings is 2. The van der Waals surface area contributed by atoms with Gasteiger partial charge in [-0.15, -0.1) is 16.9 Å². The maximum Gasteiger partial charge on any atom is 0.245 e. The molecule has 6 atom stereocenters. The van der Waals surface area contributed by atoms with E-state index in [1.165, 1.54) is 4.90 Å². The molecule has 204 valence electrons. The summed E-state index contributed by atoms with van der Waals surface area (Å²) < 4.78 is 0.397. The SMILES string of the molecule is C[C@H](CO)N1C(=O)[C@@H]2[C@@H](C(=O)NCc3ccccc3)[C@@]3(C)CCC2(S3)C1C(=O)NCn1nnc2ccccc21. The van der Waals surface area contributed by atoms with Gasteiger partial charge in [0, 0.05) is 11.3 Å². The van der Waals surface area contributed by atoms with Crippen molar-refractivity contribution in [1.82, 2.24) is 30.5 Å². The molecule has 3 aliphatic heterocycles. The van der Waals surface area contributed by atoms with E-state index in [0.29, 0.717) is 13.0 Å². The normalized spacial score (nSPS) is 30.0. The van der Waals surface area contributed by atoms with Crippen LogP contribution in [-0.4, -0.2) is 70.9 Å². The lowest BCUT2D eigenvalue weighted by atomic mass is 9.66. The van der Waals surface area contributed by atoms with Crippen LogP contribution in [0, 0.1) is 11.8 Å². The van der Waals surface area contributed by atoms with Crippen molar-refractivity contribution in [2.75, 3.05) is 6.61 Å². The number of para-hydroxylation sites is 1. The average Bonchev–Trinajstić information content (AvgIpc) is 3.66. The van der Waals surface area contributed by atoms with E-state index in [1.54, 1.807) is 23.4 Å². The molecular weight excluding hydrogens is 516 g/mol. The highest BCUT2D eigenvalue weighted by atomic mass is 32.2. The number of likely N-dealkylation sites (tertiary alicyclic amines) is 1. The van der Waals surface area contributed by atoms with Gasteiger partial charge >= 0.3 is 0 Å². The summed E-state index contributed by atoms with van der Waals surface area (Å²) in [5.74, 6) is -1.93. The lowest BCUT2D eigenvalue weighted by Crippen LogP contribution is -2.56. The summed E-state index contributed by atoms with van der Waals surface area (Å²) in [4.78, 5) is 43.1. The Balaban J connectivity index is 1.28. The van der Waals surface area contributed by atoms with E-state index in [1.807, 2.05) is 61.5 Å². The van der Waals surface area contributed by atoms with Gasteiger partial charge in [-0.2, -0.15) is 0 Å². The molecule has 3 aliphatic rings. The van der Waals surface area contributed by atoms with Crippen LogP contribution in [-0.2, 0) is 27.6 Å². The first-order valence-electron chi connectivity index (χ1n) is 13.3. The second-order valence-electron chi connectivity index (χ2n) is 11.0. The zero-order valence-corrected chi connectivity index (χ0v) is 22.7. The fourth-order valence-corrected chi connectivity index (χ4v) is 9.15. The Morgan fingerprint density at radius 3 is 2.62 bits per heavy atom. The molecule has 0 radical (unpaired) electrons. The van der Waals surface area contributed by atoms with E-state index in [2.05, 4.69) is 20.9 Å². The number of aliphatic hydroxyl groups excluding tert-OH is 1. The molecule has 3 N–H and O–H groups in total. The zero-order valence-electron chi connectivity index (χ0n) is 21.9. The van der Waals surface area contributed by atoms with Gasteiger partial charge in [-0.3, -0.25) is 14.4 Å². The first kappa shape index (κ1) is 25.8. The summed E-state index contributed by atoms with van der Waals surface area (Å²) in [6.07, 6.45) is 1.37. The summed E-state index contributed by atoms with van der Waals surface area (Å²) in [7, 11) is 0. The molecule has 4 heterocycles. The molecule has 0 aliphatic carbocycles. The summed E-state index contributed by atoms with van der Waals surface area (Å²) in [6.45, 7) is 3.97. The van der Waals surface area contributed by atoms with E-state index in [9.17, 15) is 19.5 Å². The monoisotopic (exact) mass is 548 g/mol. The highest BCUT2D eigenvalue weighted by Gasteiger charge is 2.77. The van der Waals surface area contributed by atoms with Gasteiger partial charge in [-0.25, -0.2) is 4.68 Å². The van der Waals surface area contributed by atoms with E-state index in [4.69, 9.17) is 0 Å². The number of carbonyl (C=O) groups excluding carboxylic acids is 3. The minimum absolute atomic E-state index is 0.0923. The Morgan fingerprint density at radius 1 is 1.10 bits per heavy atom. The molecule has 1 spiro atoms. The lowest BCUT2D eigenvalue weighted by Gasteiger charge is -2.35. The maximum atomic E-state index is 14.0. The Labute approximate surface area is 230 Å². The molecule has 11 heteroatoms. The Hall–Kier alpha value is -3.44. The zero-order chi connectivity index (χ0) is 27.4. The quantitative estimate of drug-likeness (QED) is 0.391. The molecule has 3 fully saturated rings. The van der Waals surface area contributed by atoms with Crippen LogP contribution < -0.4 is 10.6 Å². The minimum Gasteiger partial charge on any atom is -0.394 e. The number of nitrogens with zero attached hydrogens (tertiary/aromatic N) is 4. The van der Waals surface area contributed by atoms with Crippen LogP contribution in [0.15, 0.2) is 54.6 Å². The predicted molar refractivity (Wildman–Crippen MR) is 146 cm³/mol. The van der Waals surface area contributed by atoms with Gasteiger partial charge in [0.25, 0.3) is 0 Å². The van der Waals surface area contributed by atoms with E-state index in [-0.39, 0.29) is 31.0 Å². The number of carbonyl (C=O) groups is 3. The molecule has 2 aromatic carbocycles. The van der Waals surface area contributed by atoms with Gasteiger partial charge in [0.05, 0.1) is 34.7 Å². The number of hydrogen-bond acceptors (Lipinski definition) is 7. The molecule has 3 saturated heterocycles. The molecule has 0 saturated carbocycles. The molecule has 1 aromatic heterocycles. The fourth-order valence-electron chi connectivity index (χ4n) is 6.81. The van der Waals surface area contributed by atoms with E-state index in [0.717, 1.165) is 23.0 Å². The fraction of sp³-hybridized carbons (Fsp3) is 0.464. The Kier molecular flexibility index (Phi) is 6.38. The predicted octanol–water partition coefficient (Wildman–Crippen LogP) is 1.68. The van der Waals surface area contributed by atoms with Gasteiger partial charge in [0.15, 0.2) is 0 Å². The van der Waals surface area contributed by atoms with Crippen molar-refractivity contribution in [1.29, 1.82) is 0 Å². The first-order chi connectivity index (χ1) is 18.8. The molecule has 39 heavy (non-hydrogen) atoms. The molecule has 6 rings (SSSR count). The largest absolute Gasteiger partial charge is 0.394 e. The number of nitrogens with one attached hydrogen (secondary N) is 2. The van der Waals surface area contributed by atoms with E-state index >= 15 is 0 Å². The van der Waals surface area contributed by atoms with Crippen LogP contribution in [0.4, 0.5) is 0 Å². The molecule has 2 bridgehead atoms. The topological polar surface area (TPSA) is 129 Å². The van der Waals surface area contributed by atoms with Crippen LogP contribution in [0.1, 0.15) is 32.3 Å². The van der Waals surface area contributed by atoms with Crippen molar-refractivity contribution in [3.05, 3.63) is 60.2 Å². The third kappa shape index (κ3) is 4.01. The average molecular weight is 549 g/mol. The summed E-state index contributed by atoms with van der Waals surface area (Å²) in [6, 6.07) is 15.8. The Bertz CT molecular complexity index is 1430. The highest BCUT2D eigenvalue weighted by molar-refractivity contribution is 8.02. The van der Waals surface area contributed by atoms with Crippen LogP contribution >= 0.6 is 11.8 Å². The Morgan fingerprint density at radius 2 is 1.85 bits per heavy atom. The summed E-state index contributed by atoms with van der Waals surface area (Å²) in [5.41, 5.74) is 2.49. The van der Waals surface area contributed by atoms with Crippen molar-refractivity contribution in [3.8, 4) is 0 Å². The molecule has 10 nitrogen and oxygen atoms in total.